The molecule has 0 unspecified atom stereocenters. The summed E-state index contributed by atoms with van der Waals surface area (Å²) in [4.78, 5) is 11.9. The SMILES string of the molecule is CCCCCOc1ccc(NC(=O)COc2ccc(Cl)cc2)cc1. The number of carbonyl (C=O) groups is 1. The van der Waals surface area contributed by atoms with Gasteiger partial charge in [-0.2, -0.15) is 0 Å². The van der Waals surface area contributed by atoms with Crippen LogP contribution >= 0.6 is 11.6 Å². The Balaban J connectivity index is 1.74. The van der Waals surface area contributed by atoms with Crippen LogP contribution in [0.15, 0.2) is 48.5 Å². The van der Waals surface area contributed by atoms with E-state index in [-0.39, 0.29) is 12.5 Å². The molecule has 128 valence electrons. The van der Waals surface area contributed by atoms with Crippen molar-refractivity contribution in [3.05, 3.63) is 53.6 Å². The van der Waals surface area contributed by atoms with Crippen LogP contribution in [-0.2, 0) is 4.79 Å². The van der Waals surface area contributed by atoms with Gasteiger partial charge in [0.05, 0.1) is 6.61 Å². The molecule has 0 radical (unpaired) electrons. The van der Waals surface area contributed by atoms with Crippen molar-refractivity contribution in [2.45, 2.75) is 26.2 Å². The van der Waals surface area contributed by atoms with Gasteiger partial charge in [-0.1, -0.05) is 31.4 Å². The zero-order valence-corrected chi connectivity index (χ0v) is 14.5. The van der Waals surface area contributed by atoms with E-state index in [1.165, 1.54) is 12.8 Å². The fraction of sp³-hybridized carbons (Fsp3) is 0.316. The average Bonchev–Trinajstić information content (AvgIpc) is 2.60. The minimum Gasteiger partial charge on any atom is -0.494 e. The van der Waals surface area contributed by atoms with Crippen LogP contribution in [0.1, 0.15) is 26.2 Å². The van der Waals surface area contributed by atoms with Gasteiger partial charge in [-0.3, -0.25) is 4.79 Å². The molecular formula is C19H22ClNO3. The second kappa shape index (κ2) is 9.83. The van der Waals surface area contributed by atoms with Crippen molar-refractivity contribution in [1.82, 2.24) is 0 Å². The van der Waals surface area contributed by atoms with E-state index in [1.54, 1.807) is 24.3 Å². The van der Waals surface area contributed by atoms with E-state index in [0.29, 0.717) is 23.1 Å². The second-order valence-corrected chi connectivity index (χ2v) is 5.81. The van der Waals surface area contributed by atoms with Crippen molar-refractivity contribution in [3.63, 3.8) is 0 Å². The van der Waals surface area contributed by atoms with Gasteiger partial charge >= 0.3 is 0 Å². The minimum absolute atomic E-state index is 0.0586. The van der Waals surface area contributed by atoms with Crippen molar-refractivity contribution < 1.29 is 14.3 Å². The Labute approximate surface area is 147 Å². The summed E-state index contributed by atoms with van der Waals surface area (Å²) in [6, 6.07) is 14.2. The fourth-order valence-corrected chi connectivity index (χ4v) is 2.18. The summed E-state index contributed by atoms with van der Waals surface area (Å²) in [6.45, 7) is 2.82. The molecule has 2 aromatic rings. The van der Waals surface area contributed by atoms with E-state index < -0.39 is 0 Å². The Bertz CT molecular complexity index is 626. The maximum Gasteiger partial charge on any atom is 0.262 e. The Kier molecular flexibility index (Phi) is 7.43. The van der Waals surface area contributed by atoms with Crippen molar-refractivity contribution in [1.29, 1.82) is 0 Å². The van der Waals surface area contributed by atoms with E-state index in [9.17, 15) is 4.79 Å². The van der Waals surface area contributed by atoms with Crippen molar-refractivity contribution in [2.24, 2.45) is 0 Å². The van der Waals surface area contributed by atoms with Crippen LogP contribution in [0.5, 0.6) is 11.5 Å². The number of ether oxygens (including phenoxy) is 2. The predicted octanol–water partition coefficient (Wildman–Crippen LogP) is 4.93. The molecule has 0 fully saturated rings. The third-order valence-corrected chi connectivity index (χ3v) is 3.59. The monoisotopic (exact) mass is 347 g/mol. The van der Waals surface area contributed by atoms with Gasteiger partial charge in [0.1, 0.15) is 11.5 Å². The van der Waals surface area contributed by atoms with Gasteiger partial charge in [0.2, 0.25) is 0 Å². The van der Waals surface area contributed by atoms with Gasteiger partial charge in [0.15, 0.2) is 6.61 Å². The van der Waals surface area contributed by atoms with Crippen LogP contribution in [0.4, 0.5) is 5.69 Å². The van der Waals surface area contributed by atoms with Gasteiger partial charge in [0.25, 0.3) is 5.91 Å². The minimum atomic E-state index is -0.221. The largest absolute Gasteiger partial charge is 0.494 e. The number of amides is 1. The normalized spacial score (nSPS) is 10.2. The second-order valence-electron chi connectivity index (χ2n) is 5.37. The third kappa shape index (κ3) is 6.50. The number of halogens is 1. The smallest absolute Gasteiger partial charge is 0.262 e. The fourth-order valence-electron chi connectivity index (χ4n) is 2.05. The highest BCUT2D eigenvalue weighted by molar-refractivity contribution is 6.30. The van der Waals surface area contributed by atoms with Crippen LogP contribution in [0, 0.1) is 0 Å². The molecule has 2 rings (SSSR count). The van der Waals surface area contributed by atoms with Crippen molar-refractivity contribution >= 4 is 23.2 Å². The topological polar surface area (TPSA) is 47.6 Å². The van der Waals surface area contributed by atoms with E-state index in [1.807, 2.05) is 24.3 Å². The zero-order valence-electron chi connectivity index (χ0n) is 13.8. The summed E-state index contributed by atoms with van der Waals surface area (Å²) in [5, 5.41) is 3.41. The number of benzene rings is 2. The lowest BCUT2D eigenvalue weighted by Gasteiger charge is -2.09. The highest BCUT2D eigenvalue weighted by atomic mass is 35.5. The summed E-state index contributed by atoms with van der Waals surface area (Å²) < 4.78 is 11.0. The van der Waals surface area contributed by atoms with Gasteiger partial charge in [-0.25, -0.2) is 0 Å². The van der Waals surface area contributed by atoms with Crippen molar-refractivity contribution in [3.8, 4) is 11.5 Å². The maximum absolute atomic E-state index is 11.9. The van der Waals surface area contributed by atoms with Crippen LogP contribution in [-0.4, -0.2) is 19.1 Å². The molecule has 0 heterocycles. The number of carbonyl (C=O) groups excluding carboxylic acids is 1. The molecule has 0 spiro atoms. The lowest BCUT2D eigenvalue weighted by atomic mass is 10.2. The summed E-state index contributed by atoms with van der Waals surface area (Å²) in [5.74, 6) is 1.19. The molecule has 4 nitrogen and oxygen atoms in total. The lowest BCUT2D eigenvalue weighted by Crippen LogP contribution is -2.20. The van der Waals surface area contributed by atoms with Crippen LogP contribution in [0.3, 0.4) is 0 Å². The molecular weight excluding hydrogens is 326 g/mol. The average molecular weight is 348 g/mol. The number of rotatable bonds is 9. The third-order valence-electron chi connectivity index (χ3n) is 3.34. The molecule has 0 saturated heterocycles. The molecule has 1 N–H and O–H groups in total. The summed E-state index contributed by atoms with van der Waals surface area (Å²) in [6.07, 6.45) is 3.39. The van der Waals surface area contributed by atoms with Crippen LogP contribution < -0.4 is 14.8 Å². The molecule has 24 heavy (non-hydrogen) atoms. The lowest BCUT2D eigenvalue weighted by molar-refractivity contribution is -0.118. The molecule has 0 aliphatic rings. The van der Waals surface area contributed by atoms with E-state index >= 15 is 0 Å². The molecule has 0 saturated carbocycles. The predicted molar refractivity (Wildman–Crippen MR) is 97.0 cm³/mol. The first-order valence-corrected chi connectivity index (χ1v) is 8.46. The summed E-state index contributed by atoms with van der Waals surface area (Å²) in [5.41, 5.74) is 0.709. The summed E-state index contributed by atoms with van der Waals surface area (Å²) >= 11 is 5.80. The standard InChI is InChI=1S/C19H22ClNO3/c1-2-3-4-13-23-17-11-7-16(8-12-17)21-19(22)14-24-18-9-5-15(20)6-10-18/h5-12H,2-4,13-14H2,1H3,(H,21,22). The Morgan fingerprint density at radius 3 is 2.25 bits per heavy atom. The zero-order chi connectivity index (χ0) is 17.2. The highest BCUT2D eigenvalue weighted by Gasteiger charge is 2.04. The van der Waals surface area contributed by atoms with Gasteiger partial charge in [-0.15, -0.1) is 0 Å². The molecule has 0 aromatic heterocycles. The first-order valence-electron chi connectivity index (χ1n) is 8.08. The number of unbranched alkanes of at least 4 members (excludes halogenated alkanes) is 2. The van der Waals surface area contributed by atoms with Gasteiger partial charge in [0, 0.05) is 10.7 Å². The Morgan fingerprint density at radius 2 is 1.58 bits per heavy atom. The van der Waals surface area contributed by atoms with Gasteiger partial charge < -0.3 is 14.8 Å². The van der Waals surface area contributed by atoms with Crippen LogP contribution in [0.2, 0.25) is 5.02 Å². The number of nitrogens with one attached hydrogen (secondary N) is 1. The maximum atomic E-state index is 11.9. The van der Waals surface area contributed by atoms with Crippen LogP contribution in [0.25, 0.3) is 0 Å². The Hall–Kier alpha value is -2.20. The number of anilines is 1. The molecule has 0 aliphatic heterocycles. The van der Waals surface area contributed by atoms with E-state index in [0.717, 1.165) is 12.2 Å². The number of hydrogen-bond donors (Lipinski definition) is 1. The van der Waals surface area contributed by atoms with E-state index in [4.69, 9.17) is 21.1 Å². The molecule has 2 aromatic carbocycles. The molecule has 0 aliphatic carbocycles. The highest BCUT2D eigenvalue weighted by Crippen LogP contribution is 2.17. The Morgan fingerprint density at radius 1 is 0.958 bits per heavy atom. The first kappa shape index (κ1) is 18.1. The molecule has 5 heteroatoms. The molecule has 1 amide bonds. The quantitative estimate of drug-likeness (QED) is 0.654. The van der Waals surface area contributed by atoms with Gasteiger partial charge in [-0.05, 0) is 55.0 Å². The first-order chi connectivity index (χ1) is 11.7. The van der Waals surface area contributed by atoms with Crippen molar-refractivity contribution in [2.75, 3.05) is 18.5 Å². The molecule has 0 atom stereocenters. The molecule has 0 bridgehead atoms. The number of hydrogen-bond acceptors (Lipinski definition) is 3. The van der Waals surface area contributed by atoms with E-state index in [2.05, 4.69) is 12.2 Å². The summed E-state index contributed by atoms with van der Waals surface area (Å²) in [7, 11) is 0.